The summed E-state index contributed by atoms with van der Waals surface area (Å²) in [5.74, 6) is -12.3. The van der Waals surface area contributed by atoms with Crippen molar-refractivity contribution in [1.82, 2.24) is 37.2 Å². The van der Waals surface area contributed by atoms with Crippen LogP contribution in [-0.2, 0) is 138 Å². The maximum Gasteiger partial charge on any atom is 0.364 e. The first-order valence-electron chi connectivity index (χ1n) is 47.2. The van der Waals surface area contributed by atoms with Crippen molar-refractivity contribution < 1.29 is 291 Å². The quantitative estimate of drug-likeness (QED) is 0.0270. The summed E-state index contributed by atoms with van der Waals surface area (Å²) in [5.41, 5.74) is 0. The smallest absolute Gasteiger partial charge is 0.364 e. The van der Waals surface area contributed by atoms with E-state index in [2.05, 4.69) is 37.2 Å². The molecule has 66 heteroatoms. The van der Waals surface area contributed by atoms with E-state index in [1.165, 1.54) is 0 Å². The molecule has 0 saturated carbocycles. The third-order valence-corrected chi connectivity index (χ3v) is 26.8. The molecule has 0 aromatic rings. The Morgan fingerprint density at radius 1 is 0.275 bits per heavy atom. The normalized spacial score (nSPS) is 46.2. The van der Waals surface area contributed by atoms with Crippen LogP contribution in [0, 0.1) is 0 Å². The molecule has 149 heavy (non-hydrogen) atoms. The van der Waals surface area contributed by atoms with Gasteiger partial charge in [-0.3, -0.25) is 33.6 Å². The molecule has 0 aromatic carbocycles. The first-order valence-corrected chi connectivity index (χ1v) is 47.2. The van der Waals surface area contributed by atoms with E-state index >= 15 is 0 Å². The molecule has 11 aliphatic rings. The highest BCUT2D eigenvalue weighted by molar-refractivity contribution is 5.77. The van der Waals surface area contributed by atoms with Gasteiger partial charge in [0, 0.05) is 54.9 Å². The number of hydrogen-bond donors (Lipinski definition) is 37. The van der Waals surface area contributed by atoms with E-state index < -0.39 is 469 Å². The van der Waals surface area contributed by atoms with Gasteiger partial charge in [0.25, 0.3) is 5.79 Å². The number of rotatable bonds is 41. The van der Waals surface area contributed by atoms with Crippen LogP contribution in [0.3, 0.4) is 0 Å². The van der Waals surface area contributed by atoms with Crippen molar-refractivity contribution >= 4 is 47.3 Å². The Hall–Kier alpha value is -6.24. The number of nitrogens with one attached hydrogen (secondary N) is 7. The molecule has 0 aliphatic carbocycles. The van der Waals surface area contributed by atoms with E-state index in [1.54, 1.807) is 0 Å². The molecule has 11 fully saturated rings. The van der Waals surface area contributed by atoms with Crippen molar-refractivity contribution in [3.05, 3.63) is 0 Å². The van der Waals surface area contributed by atoms with Crippen LogP contribution in [0.15, 0.2) is 0 Å². The molecule has 37 N–H and O–H groups in total. The number of aliphatic hydroxyl groups excluding tert-OH is 29. The Balaban J connectivity index is 1.05. The van der Waals surface area contributed by atoms with Gasteiger partial charge in [0.2, 0.25) is 41.4 Å². The van der Waals surface area contributed by atoms with Gasteiger partial charge in [-0.05, 0) is 0 Å². The minimum absolute atomic E-state index is 0.798. The van der Waals surface area contributed by atoms with Crippen LogP contribution in [0.5, 0.6) is 0 Å². The number of ether oxygens (including phenoxy) is 21. The van der Waals surface area contributed by atoms with Crippen LogP contribution < -0.4 is 37.2 Å². The lowest BCUT2D eigenvalue weighted by Crippen LogP contribution is -2.72. The monoisotopic (exact) mass is 2180 g/mol. The number of amides is 7. The van der Waals surface area contributed by atoms with E-state index in [-0.39, 0.29) is 0 Å². The molecule has 0 unspecified atom stereocenters. The SMILES string of the molecule is CC(=O)N[C@@H]1[C@@H](O)[C@H](O[C@@H]2O[C@H](CO)[C@@H](O[C@@H]3O[C@H](CO[C@H]4O[C@H](CO)[C@@H](O)[C@H](O)[C@@H]4O[C@@H]4O[C@H](CO)[C@@H](O)[C@H](O)[C@H]4NC(C)=O)[C@@H](O[C@@H]4O[C@H](CO)[C@@H](O)[C@H](O)[C@H]4NC(C)=O)[C@H](O[C@H]4O[C@H](CO)[C@@H](O[C@@H]5O[C@H](CO)[C@@H](O)[C@H](O)[C@H]5NC(C)=O)[C@H](O)[C@@H]4O[C@@H]4O[C@H](CO)[C@@H](O[C@@H]5O[C@H](CO[C@]6(C(=O)O)C[C@H](O)[C@@H](NC(C)=O)[C@H]([C@H](O)[C@H](O)CO)O6)[C@H](O)[C@H](O)[C@H]5O)[C@H](O)[C@H]4NC(C)=O)[C@@H]3O)[C@H](O)[C@H]2NC(C)=O)[C@@H](CO)O[C@H]1O. The van der Waals surface area contributed by atoms with Gasteiger partial charge in [0.05, 0.1) is 84.8 Å². The molecule has 11 saturated heterocycles. The Labute approximate surface area is 843 Å². The lowest BCUT2D eigenvalue weighted by Gasteiger charge is -2.53. The first-order chi connectivity index (χ1) is 70.3. The van der Waals surface area contributed by atoms with Crippen LogP contribution in [0.4, 0.5) is 0 Å². The fourth-order valence-corrected chi connectivity index (χ4v) is 19.2. The predicted octanol–water partition coefficient (Wildman–Crippen LogP) is -24.8. The van der Waals surface area contributed by atoms with Crippen molar-refractivity contribution in [2.24, 2.45) is 0 Å². The van der Waals surface area contributed by atoms with Gasteiger partial charge in [-0.2, -0.15) is 0 Å². The zero-order valence-corrected chi connectivity index (χ0v) is 80.5. The Morgan fingerprint density at radius 2 is 0.564 bits per heavy atom. The topological polar surface area (TPSA) is 1020 Å². The summed E-state index contributed by atoms with van der Waals surface area (Å²) in [6.07, 6.45) is -112. The van der Waals surface area contributed by atoms with Crippen LogP contribution >= 0.6 is 0 Å². The molecule has 0 aromatic heterocycles. The second-order valence-corrected chi connectivity index (χ2v) is 37.4. The van der Waals surface area contributed by atoms with Crippen LogP contribution in [0.2, 0.25) is 0 Å². The van der Waals surface area contributed by atoms with Crippen LogP contribution in [-0.4, -0.2) is 616 Å². The van der Waals surface area contributed by atoms with Crippen molar-refractivity contribution in [2.75, 3.05) is 72.7 Å². The van der Waals surface area contributed by atoms with E-state index in [1.807, 2.05) is 0 Å². The molecule has 0 bridgehead atoms. The molecule has 0 spiro atoms. The third-order valence-electron chi connectivity index (χ3n) is 26.8. The molecular weight excluding hydrogens is 2040 g/mol. The molecule has 0 radical (unpaired) electrons. The van der Waals surface area contributed by atoms with E-state index in [4.69, 9.17) is 99.5 Å². The summed E-state index contributed by atoms with van der Waals surface area (Å²) in [6, 6.07) is -14.0. The Morgan fingerprint density at radius 3 is 0.953 bits per heavy atom. The van der Waals surface area contributed by atoms with Crippen molar-refractivity contribution in [3.8, 4) is 0 Å². The van der Waals surface area contributed by atoms with E-state index in [9.17, 15) is 192 Å². The average Bonchev–Trinajstić information content (AvgIpc) is 0.759. The summed E-state index contributed by atoms with van der Waals surface area (Å²) >= 11 is 0. The van der Waals surface area contributed by atoms with Gasteiger partial charge in [-0.25, -0.2) is 4.79 Å². The molecule has 66 nitrogen and oxygen atoms in total. The van der Waals surface area contributed by atoms with E-state index in [0.717, 1.165) is 48.5 Å². The van der Waals surface area contributed by atoms with Crippen molar-refractivity contribution in [1.29, 1.82) is 0 Å². The molecule has 11 aliphatic heterocycles. The lowest BCUT2D eigenvalue weighted by atomic mass is 9.88. The van der Waals surface area contributed by atoms with Gasteiger partial charge in [-0.15, -0.1) is 0 Å². The zero-order valence-electron chi connectivity index (χ0n) is 80.5. The van der Waals surface area contributed by atoms with Gasteiger partial charge in [0.15, 0.2) is 62.9 Å². The minimum atomic E-state index is -3.19. The lowest BCUT2D eigenvalue weighted by molar-refractivity contribution is -0.413. The Kier molecular flexibility index (Phi) is 44.3. The summed E-state index contributed by atoms with van der Waals surface area (Å²) in [5, 5.41) is 359. The number of carbonyl (C=O) groups is 8. The number of aliphatic hydroxyl groups is 29. The predicted molar refractivity (Wildman–Crippen MR) is 461 cm³/mol. The third kappa shape index (κ3) is 27.9. The number of carboxylic acid groups (broad SMARTS) is 1. The van der Waals surface area contributed by atoms with Crippen LogP contribution in [0.1, 0.15) is 54.9 Å². The molecule has 56 atom stereocenters. The average molecular weight is 2180 g/mol. The van der Waals surface area contributed by atoms with Crippen LogP contribution in [0.25, 0.3) is 0 Å². The highest BCUT2D eigenvalue weighted by Crippen LogP contribution is 2.44. The number of hydrogen-bond acceptors (Lipinski definition) is 58. The summed E-state index contributed by atoms with van der Waals surface area (Å²) in [6.45, 7) is -7.80. The molecule has 11 rings (SSSR count). The van der Waals surface area contributed by atoms with Crippen molar-refractivity contribution in [2.45, 2.75) is 398 Å². The highest BCUT2D eigenvalue weighted by Gasteiger charge is 2.65. The van der Waals surface area contributed by atoms with Crippen molar-refractivity contribution in [3.63, 3.8) is 0 Å². The standard InChI is InChI=1S/C83H137N7O59/c1-20(100)84-39-27(107)8-83(82(127)128,149-68(39)46(109)28(108)9-91)130-19-37-51(114)58(121)60(123)78(139-37)143-64-34(15-97)137-77(45(57(64)120)90-26(7)106)148-71-61(124)66(142-73-41(86-22(3)102)52(115)47(110)29(10-92)132-73)36(17-99)138-81(71)146-69-62(125)79(144-65-35(16-98)136-76(44(56(65)119)89-25(6)105)141-63-33(14-96)131-72(126)40(55(63)118)85-21(2)101)140-38(67(69)145-74-42(87-23(4)103)53(116)48(111)30(11-93)133-74)18-129-80-70(59(122)50(113)32(13-95)135-80)147-75-43(88-24(5)104)54(117)49(112)31(12-94)134-75/h27-81,91-99,107-126H,8-19H2,1-7H3,(H,84,100)(H,85,101)(H,86,102)(H,87,103)(H,88,104)(H,89,105)(H,90,106)(H,127,128)/t27-,28+,29+,30+,31+,32+,33+,34+,35+,36+,37+,38+,39+,40+,41+,42+,43+,44+,45+,46+,47+,48+,49+,50+,51-,52+,53+,54+,55+,56+,57+,58-,59-,60+,61-,62-,63+,64+,65+,66+,67+,68+,69+,70-,71-,72+,73-,74-,75-,76-,77-,78-,79-,80-,81+,83+/m0/s1. The highest BCUT2D eigenvalue weighted by atomic mass is 16.8. The summed E-state index contributed by atoms with van der Waals surface area (Å²) in [4.78, 5) is 104. The van der Waals surface area contributed by atoms with Gasteiger partial charge >= 0.3 is 5.97 Å². The second-order valence-electron chi connectivity index (χ2n) is 37.4. The fourth-order valence-electron chi connectivity index (χ4n) is 19.2. The molecular formula is C83H137N7O59. The maximum absolute atomic E-state index is 13.8. The van der Waals surface area contributed by atoms with Gasteiger partial charge < -0.3 is 290 Å². The second kappa shape index (κ2) is 53.7. The van der Waals surface area contributed by atoms with Gasteiger partial charge in [0.1, 0.15) is 262 Å². The number of aliphatic carboxylic acids is 1. The molecule has 858 valence electrons. The minimum Gasteiger partial charge on any atom is -0.477 e. The first kappa shape index (κ1) is 123. The Bertz CT molecular complexity index is 4300. The van der Waals surface area contributed by atoms with E-state index in [0.29, 0.717) is 0 Å². The molecule has 7 amide bonds. The summed E-state index contributed by atoms with van der Waals surface area (Å²) in [7, 11) is 0. The largest absolute Gasteiger partial charge is 0.477 e. The van der Waals surface area contributed by atoms with Gasteiger partial charge in [-0.1, -0.05) is 0 Å². The fraction of sp³-hybridized carbons (Fsp3) is 0.904. The molecule has 11 heterocycles. The number of carbonyl (C=O) groups excluding carboxylic acids is 7. The number of carboxylic acids is 1. The summed E-state index contributed by atoms with van der Waals surface area (Å²) < 4.78 is 129. The zero-order chi connectivity index (χ0) is 110. The maximum atomic E-state index is 13.8.